The average molecular weight is 393 g/mol. The maximum absolute atomic E-state index is 6.14. The molecular formula is C22H36N2O4. The van der Waals surface area contributed by atoms with Gasteiger partial charge in [-0.2, -0.15) is 0 Å². The summed E-state index contributed by atoms with van der Waals surface area (Å²) in [4.78, 5) is 0. The standard InChI is InChI=1S/C22H36N2O4/c1-17-19(7-10-21(23)22(17)24)6-3-18-4-8-20(9-5-18)28-16-15-27-14-13-26-12-11-25-2/h4-5,7-8,10,17,20,22H,3,6,9,11-16,23-24H2,1-2H3. The first-order chi connectivity index (χ1) is 13.6. The number of rotatable bonds is 13. The highest BCUT2D eigenvalue weighted by atomic mass is 16.6. The van der Waals surface area contributed by atoms with Crippen LogP contribution in [0.25, 0.3) is 0 Å². The van der Waals surface area contributed by atoms with Crippen molar-refractivity contribution in [3.8, 4) is 0 Å². The molecule has 3 unspecified atom stereocenters. The Labute approximate surface area is 169 Å². The van der Waals surface area contributed by atoms with Crippen molar-refractivity contribution >= 4 is 0 Å². The van der Waals surface area contributed by atoms with Gasteiger partial charge in [0.05, 0.1) is 51.8 Å². The van der Waals surface area contributed by atoms with Crippen molar-refractivity contribution in [3.63, 3.8) is 0 Å². The van der Waals surface area contributed by atoms with E-state index in [-0.39, 0.29) is 12.1 Å². The van der Waals surface area contributed by atoms with Crippen molar-refractivity contribution in [1.82, 2.24) is 0 Å². The molecule has 6 nitrogen and oxygen atoms in total. The van der Waals surface area contributed by atoms with Crippen LogP contribution < -0.4 is 11.5 Å². The number of methoxy groups -OCH3 is 1. The lowest BCUT2D eigenvalue weighted by Gasteiger charge is -2.27. The molecule has 0 radical (unpaired) electrons. The van der Waals surface area contributed by atoms with Crippen molar-refractivity contribution in [1.29, 1.82) is 0 Å². The van der Waals surface area contributed by atoms with E-state index in [9.17, 15) is 0 Å². The summed E-state index contributed by atoms with van der Waals surface area (Å²) >= 11 is 0. The maximum atomic E-state index is 6.14. The van der Waals surface area contributed by atoms with Gasteiger partial charge in [0, 0.05) is 12.8 Å². The molecule has 4 N–H and O–H groups in total. The summed E-state index contributed by atoms with van der Waals surface area (Å²) in [5.74, 6) is 0.305. The molecule has 0 aromatic carbocycles. The van der Waals surface area contributed by atoms with Gasteiger partial charge in [-0.15, -0.1) is 0 Å². The zero-order valence-electron chi connectivity index (χ0n) is 17.3. The van der Waals surface area contributed by atoms with Crippen LogP contribution >= 0.6 is 0 Å². The van der Waals surface area contributed by atoms with Crippen LogP contribution in [0.5, 0.6) is 0 Å². The van der Waals surface area contributed by atoms with Crippen molar-refractivity contribution in [2.45, 2.75) is 38.3 Å². The van der Waals surface area contributed by atoms with Gasteiger partial charge >= 0.3 is 0 Å². The summed E-state index contributed by atoms with van der Waals surface area (Å²) in [6, 6.07) is -0.0622. The second kappa shape index (κ2) is 12.9. The summed E-state index contributed by atoms with van der Waals surface area (Å²) < 4.78 is 21.6. The van der Waals surface area contributed by atoms with E-state index in [4.69, 9.17) is 30.4 Å². The van der Waals surface area contributed by atoms with E-state index in [1.807, 2.05) is 6.08 Å². The van der Waals surface area contributed by atoms with Crippen LogP contribution in [-0.2, 0) is 18.9 Å². The third-order valence-corrected chi connectivity index (χ3v) is 5.20. The molecule has 0 amide bonds. The van der Waals surface area contributed by atoms with E-state index in [0.29, 0.717) is 45.6 Å². The van der Waals surface area contributed by atoms with Gasteiger partial charge in [-0.25, -0.2) is 0 Å². The lowest BCUT2D eigenvalue weighted by Crippen LogP contribution is -2.36. The predicted molar refractivity (Wildman–Crippen MR) is 112 cm³/mol. The average Bonchev–Trinajstić information content (AvgIpc) is 2.71. The first-order valence-electron chi connectivity index (χ1n) is 10.2. The molecule has 0 bridgehead atoms. The summed E-state index contributed by atoms with van der Waals surface area (Å²) in [6.07, 6.45) is 13.7. The largest absolute Gasteiger partial charge is 0.401 e. The lowest BCUT2D eigenvalue weighted by atomic mass is 9.84. The Morgan fingerprint density at radius 3 is 2.39 bits per heavy atom. The van der Waals surface area contributed by atoms with E-state index < -0.39 is 0 Å². The van der Waals surface area contributed by atoms with E-state index in [1.165, 1.54) is 11.1 Å². The molecular weight excluding hydrogens is 356 g/mol. The monoisotopic (exact) mass is 392 g/mol. The van der Waals surface area contributed by atoms with Gasteiger partial charge in [0.2, 0.25) is 0 Å². The lowest BCUT2D eigenvalue weighted by molar-refractivity contribution is -0.00609. The van der Waals surface area contributed by atoms with Gasteiger partial charge in [0.1, 0.15) is 0 Å². The number of allylic oxidation sites excluding steroid dienone is 4. The SMILES string of the molecule is COCCOCCOCCOC1C=CC(CCC2=CC=C(N)C(N)C2C)=CC1. The minimum Gasteiger partial charge on any atom is -0.401 e. The molecule has 2 rings (SSSR count). The van der Waals surface area contributed by atoms with Gasteiger partial charge in [-0.05, 0) is 31.3 Å². The fraction of sp³-hybridized carbons (Fsp3) is 0.636. The Hall–Kier alpha value is -1.44. The fourth-order valence-corrected chi connectivity index (χ4v) is 3.26. The quantitative estimate of drug-likeness (QED) is 0.468. The molecule has 0 saturated heterocycles. The van der Waals surface area contributed by atoms with Crippen molar-refractivity contribution in [2.75, 3.05) is 46.8 Å². The zero-order valence-corrected chi connectivity index (χ0v) is 17.3. The minimum atomic E-state index is -0.0622. The van der Waals surface area contributed by atoms with Crippen LogP contribution in [0.3, 0.4) is 0 Å². The first-order valence-corrected chi connectivity index (χ1v) is 10.2. The van der Waals surface area contributed by atoms with Crippen LogP contribution in [0.1, 0.15) is 26.2 Å². The molecule has 6 heteroatoms. The molecule has 28 heavy (non-hydrogen) atoms. The van der Waals surface area contributed by atoms with Crippen LogP contribution in [0.15, 0.2) is 47.2 Å². The molecule has 0 fully saturated rings. The second-order valence-corrected chi connectivity index (χ2v) is 7.22. The Kier molecular flexibility index (Phi) is 10.5. The molecule has 2 aliphatic rings. The van der Waals surface area contributed by atoms with Gasteiger partial charge in [-0.3, -0.25) is 0 Å². The Bertz CT molecular complexity index is 583. The molecule has 0 aromatic rings. The Morgan fingerprint density at radius 1 is 1.00 bits per heavy atom. The smallest absolute Gasteiger partial charge is 0.0794 e. The third-order valence-electron chi connectivity index (χ3n) is 5.20. The predicted octanol–water partition coefficient (Wildman–Crippen LogP) is 2.46. The van der Waals surface area contributed by atoms with Crippen LogP contribution in [0.2, 0.25) is 0 Å². The molecule has 0 aromatic heterocycles. The normalized spacial score (nSPS) is 24.7. The van der Waals surface area contributed by atoms with E-state index in [1.54, 1.807) is 7.11 Å². The topological polar surface area (TPSA) is 89.0 Å². The van der Waals surface area contributed by atoms with E-state index in [2.05, 4.69) is 31.2 Å². The van der Waals surface area contributed by atoms with Gasteiger partial charge in [0.15, 0.2) is 0 Å². The van der Waals surface area contributed by atoms with Crippen molar-refractivity contribution in [2.24, 2.45) is 17.4 Å². The number of ether oxygens (including phenoxy) is 4. The Morgan fingerprint density at radius 2 is 1.71 bits per heavy atom. The van der Waals surface area contributed by atoms with Gasteiger partial charge in [-0.1, -0.05) is 42.4 Å². The maximum Gasteiger partial charge on any atom is 0.0794 e. The van der Waals surface area contributed by atoms with Crippen molar-refractivity contribution in [3.05, 3.63) is 47.2 Å². The summed E-state index contributed by atoms with van der Waals surface area (Å²) in [7, 11) is 1.66. The van der Waals surface area contributed by atoms with E-state index in [0.717, 1.165) is 25.0 Å². The summed E-state index contributed by atoms with van der Waals surface area (Å²) in [5, 5.41) is 0. The zero-order chi connectivity index (χ0) is 20.2. The van der Waals surface area contributed by atoms with E-state index >= 15 is 0 Å². The van der Waals surface area contributed by atoms with Crippen molar-refractivity contribution < 1.29 is 18.9 Å². The number of nitrogens with two attached hydrogens (primary N) is 2. The van der Waals surface area contributed by atoms with Crippen LogP contribution in [0.4, 0.5) is 0 Å². The highest BCUT2D eigenvalue weighted by Crippen LogP contribution is 2.28. The van der Waals surface area contributed by atoms with Gasteiger partial charge < -0.3 is 30.4 Å². The second-order valence-electron chi connectivity index (χ2n) is 7.22. The minimum absolute atomic E-state index is 0.0622. The molecule has 0 aliphatic heterocycles. The molecule has 3 atom stereocenters. The molecule has 0 spiro atoms. The van der Waals surface area contributed by atoms with Crippen LogP contribution in [-0.4, -0.2) is 58.9 Å². The first kappa shape index (κ1) is 22.8. The Balaban J connectivity index is 1.55. The number of hydrogen-bond acceptors (Lipinski definition) is 6. The highest BCUT2D eigenvalue weighted by Gasteiger charge is 2.22. The molecule has 0 saturated carbocycles. The third kappa shape index (κ3) is 7.89. The molecule has 158 valence electrons. The van der Waals surface area contributed by atoms with Gasteiger partial charge in [0.25, 0.3) is 0 Å². The summed E-state index contributed by atoms with van der Waals surface area (Å²) in [5.41, 5.74) is 15.6. The highest BCUT2D eigenvalue weighted by molar-refractivity contribution is 5.31. The summed E-state index contributed by atoms with van der Waals surface area (Å²) in [6.45, 7) is 5.70. The molecule has 0 heterocycles. The molecule has 2 aliphatic carbocycles. The van der Waals surface area contributed by atoms with Crippen LogP contribution in [0, 0.1) is 5.92 Å². The number of hydrogen-bond donors (Lipinski definition) is 2. The fourth-order valence-electron chi connectivity index (χ4n) is 3.26.